The topological polar surface area (TPSA) is 34.4 Å². The first-order valence-corrected chi connectivity index (χ1v) is 5.68. The maximum Gasteiger partial charge on any atom is 0.146 e. The lowest BCUT2D eigenvalue weighted by atomic mass is 10.2. The third-order valence-corrected chi connectivity index (χ3v) is 2.49. The molecule has 3 heteroatoms. The molecule has 0 atom stereocenters. The second kappa shape index (κ2) is 5.55. The van der Waals surface area contributed by atoms with Crippen LogP contribution in [0.5, 0.6) is 5.75 Å². The summed E-state index contributed by atoms with van der Waals surface area (Å²) in [6.07, 6.45) is 1.75. The van der Waals surface area contributed by atoms with Gasteiger partial charge in [-0.1, -0.05) is 17.7 Å². The van der Waals surface area contributed by atoms with E-state index in [1.165, 1.54) is 5.56 Å². The number of benzene rings is 1. The number of ether oxygens (including phenoxy) is 1. The summed E-state index contributed by atoms with van der Waals surface area (Å²) in [5.74, 6) is 1.71. The number of aryl methyl sites for hydroxylation is 1. The Morgan fingerprint density at radius 3 is 2.71 bits per heavy atom. The van der Waals surface area contributed by atoms with Crippen LogP contribution < -0.4 is 10.1 Å². The maximum atomic E-state index is 5.62. The number of hydrogen-bond acceptors (Lipinski definition) is 3. The molecule has 0 aliphatic carbocycles. The molecule has 2 aromatic rings. The van der Waals surface area contributed by atoms with Gasteiger partial charge in [-0.2, -0.15) is 0 Å². The Balaban J connectivity index is 1.90. The summed E-state index contributed by atoms with van der Waals surface area (Å²) in [7, 11) is 1.91. The van der Waals surface area contributed by atoms with Crippen molar-refractivity contribution >= 4 is 0 Å². The van der Waals surface area contributed by atoms with Crippen LogP contribution in [0.15, 0.2) is 41.0 Å². The van der Waals surface area contributed by atoms with Crippen molar-refractivity contribution in [2.75, 3.05) is 7.05 Å². The smallest absolute Gasteiger partial charge is 0.146 e. The van der Waals surface area contributed by atoms with Gasteiger partial charge in [0.1, 0.15) is 18.1 Å². The van der Waals surface area contributed by atoms with Crippen LogP contribution in [-0.4, -0.2) is 7.05 Å². The van der Waals surface area contributed by atoms with Gasteiger partial charge in [-0.15, -0.1) is 0 Å². The summed E-state index contributed by atoms with van der Waals surface area (Å²) in [5.41, 5.74) is 2.36. The second-order valence-electron chi connectivity index (χ2n) is 4.05. The predicted molar refractivity (Wildman–Crippen MR) is 67.0 cm³/mol. The summed E-state index contributed by atoms with van der Waals surface area (Å²) < 4.78 is 11.0. The van der Waals surface area contributed by atoms with Crippen LogP contribution in [0.25, 0.3) is 0 Å². The normalized spacial score (nSPS) is 10.5. The van der Waals surface area contributed by atoms with Gasteiger partial charge < -0.3 is 14.5 Å². The fourth-order valence-corrected chi connectivity index (χ4v) is 1.59. The van der Waals surface area contributed by atoms with E-state index >= 15 is 0 Å². The van der Waals surface area contributed by atoms with Gasteiger partial charge in [0.05, 0.1) is 6.26 Å². The van der Waals surface area contributed by atoms with E-state index in [1.54, 1.807) is 6.26 Å². The van der Waals surface area contributed by atoms with Gasteiger partial charge in [-0.3, -0.25) is 0 Å². The van der Waals surface area contributed by atoms with E-state index in [1.807, 2.05) is 37.4 Å². The lowest BCUT2D eigenvalue weighted by Crippen LogP contribution is -2.03. The Labute approximate surface area is 101 Å². The van der Waals surface area contributed by atoms with Gasteiger partial charge in [0.2, 0.25) is 0 Å². The van der Waals surface area contributed by atoms with E-state index in [0.29, 0.717) is 6.61 Å². The van der Waals surface area contributed by atoms with E-state index in [4.69, 9.17) is 9.15 Å². The van der Waals surface area contributed by atoms with Crippen LogP contribution in [0.2, 0.25) is 0 Å². The van der Waals surface area contributed by atoms with Gasteiger partial charge in [0.25, 0.3) is 0 Å². The highest BCUT2D eigenvalue weighted by molar-refractivity contribution is 5.26. The van der Waals surface area contributed by atoms with Gasteiger partial charge in [-0.25, -0.2) is 0 Å². The third-order valence-electron chi connectivity index (χ3n) is 2.49. The zero-order chi connectivity index (χ0) is 12.1. The highest BCUT2D eigenvalue weighted by Gasteiger charge is 2.02. The Kier molecular flexibility index (Phi) is 3.83. The lowest BCUT2D eigenvalue weighted by molar-refractivity contribution is 0.270. The quantitative estimate of drug-likeness (QED) is 0.859. The summed E-state index contributed by atoms with van der Waals surface area (Å²) in [5, 5.41) is 3.08. The number of furan rings is 1. The van der Waals surface area contributed by atoms with E-state index in [-0.39, 0.29) is 0 Å². The van der Waals surface area contributed by atoms with Crippen molar-refractivity contribution in [2.24, 2.45) is 0 Å². The maximum absolute atomic E-state index is 5.62. The Morgan fingerprint density at radius 1 is 1.24 bits per heavy atom. The predicted octanol–water partition coefficient (Wildman–Crippen LogP) is 2.89. The largest absolute Gasteiger partial charge is 0.486 e. The number of hydrogen-bond donors (Lipinski definition) is 1. The van der Waals surface area contributed by atoms with Crippen LogP contribution in [-0.2, 0) is 13.2 Å². The molecule has 1 aromatic carbocycles. The SMILES string of the molecule is CNCc1coc(COc2ccc(C)cc2)c1. The Bertz CT molecular complexity index is 459. The van der Waals surface area contributed by atoms with Gasteiger partial charge in [0.15, 0.2) is 0 Å². The molecule has 0 amide bonds. The van der Waals surface area contributed by atoms with Crippen molar-refractivity contribution in [1.82, 2.24) is 5.32 Å². The molecular weight excluding hydrogens is 214 g/mol. The van der Waals surface area contributed by atoms with Crippen LogP contribution >= 0.6 is 0 Å². The Morgan fingerprint density at radius 2 is 2.00 bits per heavy atom. The average molecular weight is 231 g/mol. The lowest BCUT2D eigenvalue weighted by Gasteiger charge is -2.03. The van der Waals surface area contributed by atoms with Crippen molar-refractivity contribution in [3.63, 3.8) is 0 Å². The Hall–Kier alpha value is -1.74. The molecule has 0 aliphatic heterocycles. The monoisotopic (exact) mass is 231 g/mol. The summed E-state index contributed by atoms with van der Waals surface area (Å²) in [6, 6.07) is 10.00. The van der Waals surface area contributed by atoms with Crippen molar-refractivity contribution in [3.05, 3.63) is 53.5 Å². The molecule has 0 bridgehead atoms. The van der Waals surface area contributed by atoms with Gasteiger partial charge in [0, 0.05) is 12.1 Å². The van der Waals surface area contributed by atoms with Crippen molar-refractivity contribution in [3.8, 4) is 5.75 Å². The molecule has 90 valence electrons. The van der Waals surface area contributed by atoms with Gasteiger partial charge in [-0.05, 0) is 32.2 Å². The number of rotatable bonds is 5. The molecule has 0 aliphatic rings. The molecule has 0 fully saturated rings. The molecule has 0 spiro atoms. The van der Waals surface area contributed by atoms with E-state index in [0.717, 1.165) is 23.6 Å². The molecular formula is C14H17NO2. The minimum Gasteiger partial charge on any atom is -0.486 e. The third kappa shape index (κ3) is 3.36. The van der Waals surface area contributed by atoms with Crippen LogP contribution in [0, 0.1) is 6.92 Å². The molecule has 0 radical (unpaired) electrons. The zero-order valence-corrected chi connectivity index (χ0v) is 10.2. The van der Waals surface area contributed by atoms with Crippen molar-refractivity contribution in [1.29, 1.82) is 0 Å². The first-order valence-electron chi connectivity index (χ1n) is 5.68. The first-order chi connectivity index (χ1) is 8.28. The second-order valence-corrected chi connectivity index (χ2v) is 4.05. The van der Waals surface area contributed by atoms with E-state index in [2.05, 4.69) is 12.2 Å². The molecule has 17 heavy (non-hydrogen) atoms. The van der Waals surface area contributed by atoms with Gasteiger partial charge >= 0.3 is 0 Å². The van der Waals surface area contributed by atoms with E-state index in [9.17, 15) is 0 Å². The molecule has 0 saturated heterocycles. The van der Waals surface area contributed by atoms with Crippen LogP contribution in [0.3, 0.4) is 0 Å². The van der Waals surface area contributed by atoms with Crippen LogP contribution in [0.4, 0.5) is 0 Å². The summed E-state index contributed by atoms with van der Waals surface area (Å²) >= 11 is 0. The highest BCUT2D eigenvalue weighted by Crippen LogP contribution is 2.15. The highest BCUT2D eigenvalue weighted by atomic mass is 16.5. The fraction of sp³-hybridized carbons (Fsp3) is 0.286. The number of nitrogens with one attached hydrogen (secondary N) is 1. The molecule has 1 N–H and O–H groups in total. The molecule has 3 nitrogen and oxygen atoms in total. The van der Waals surface area contributed by atoms with Crippen molar-refractivity contribution < 1.29 is 9.15 Å². The standard InChI is InChI=1S/C14H17NO2/c1-11-3-5-13(6-4-11)17-10-14-7-12(8-15-2)9-16-14/h3-7,9,15H,8,10H2,1-2H3. The zero-order valence-electron chi connectivity index (χ0n) is 10.2. The molecule has 1 aromatic heterocycles. The molecule has 0 saturated carbocycles. The van der Waals surface area contributed by atoms with Crippen LogP contribution in [0.1, 0.15) is 16.9 Å². The summed E-state index contributed by atoms with van der Waals surface area (Å²) in [6.45, 7) is 3.33. The molecule has 0 unspecified atom stereocenters. The summed E-state index contributed by atoms with van der Waals surface area (Å²) in [4.78, 5) is 0. The van der Waals surface area contributed by atoms with Crippen molar-refractivity contribution in [2.45, 2.75) is 20.1 Å². The molecule has 1 heterocycles. The molecule has 2 rings (SSSR count). The minimum absolute atomic E-state index is 0.465. The average Bonchev–Trinajstić information content (AvgIpc) is 2.77. The fourth-order valence-electron chi connectivity index (χ4n) is 1.59. The van der Waals surface area contributed by atoms with E-state index < -0.39 is 0 Å². The minimum atomic E-state index is 0.465. The first kappa shape index (κ1) is 11.7.